The van der Waals surface area contributed by atoms with Gasteiger partial charge in [0.2, 0.25) is 0 Å². The molecule has 4 heterocycles. The van der Waals surface area contributed by atoms with Gasteiger partial charge in [-0.1, -0.05) is 59.8 Å². The standard InChI is InChI=1S/C28H29N5O3S2/c1-20-7-9-22(10-8-20)33-24(17-21-5-3-2-4-6-21)30-31-27(33)38-19-25-29-23(18-37-25)26(34)32-13-11-28(12-14-32)35-15-16-36-28/h2-10,18H,11-17,19H2,1H3. The fourth-order valence-corrected chi connectivity index (χ4v) is 6.60. The number of nitrogens with zero attached hydrogens (tertiary/aromatic N) is 5. The van der Waals surface area contributed by atoms with Crippen molar-refractivity contribution in [2.45, 2.75) is 42.9 Å². The molecule has 0 saturated carbocycles. The molecule has 1 amide bonds. The zero-order valence-corrected chi connectivity index (χ0v) is 22.8. The third-order valence-corrected chi connectivity index (χ3v) is 8.89. The number of ether oxygens (including phenoxy) is 2. The van der Waals surface area contributed by atoms with Gasteiger partial charge in [0, 0.05) is 43.4 Å². The molecule has 1 spiro atoms. The lowest BCUT2D eigenvalue weighted by Gasteiger charge is -2.37. The predicted octanol–water partition coefficient (Wildman–Crippen LogP) is 4.89. The molecule has 2 aliphatic rings. The predicted molar refractivity (Wildman–Crippen MR) is 147 cm³/mol. The van der Waals surface area contributed by atoms with Gasteiger partial charge in [0.15, 0.2) is 10.9 Å². The van der Waals surface area contributed by atoms with Crippen LogP contribution in [0.5, 0.6) is 0 Å². The first-order valence-electron chi connectivity index (χ1n) is 12.8. The molecule has 10 heteroatoms. The fourth-order valence-electron chi connectivity index (χ4n) is 4.84. The number of thioether (sulfide) groups is 1. The summed E-state index contributed by atoms with van der Waals surface area (Å²) in [7, 11) is 0. The molecule has 2 aromatic carbocycles. The third kappa shape index (κ3) is 5.40. The second-order valence-electron chi connectivity index (χ2n) is 9.55. The Kier molecular flexibility index (Phi) is 7.29. The van der Waals surface area contributed by atoms with Crippen LogP contribution in [0.4, 0.5) is 0 Å². The maximum absolute atomic E-state index is 13.1. The van der Waals surface area contributed by atoms with Gasteiger partial charge in [-0.3, -0.25) is 9.36 Å². The van der Waals surface area contributed by atoms with Gasteiger partial charge in [0.1, 0.15) is 16.5 Å². The number of hydrogen-bond donors (Lipinski definition) is 0. The number of aryl methyl sites for hydroxylation is 1. The lowest BCUT2D eigenvalue weighted by atomic mass is 10.0. The van der Waals surface area contributed by atoms with Crippen molar-refractivity contribution < 1.29 is 14.3 Å². The number of rotatable bonds is 7. The molecule has 0 unspecified atom stereocenters. The Hall–Kier alpha value is -3.05. The van der Waals surface area contributed by atoms with Crippen LogP contribution in [0.15, 0.2) is 65.1 Å². The SMILES string of the molecule is Cc1ccc(-n2c(Cc3ccccc3)nnc2SCc2nc(C(=O)N3CCC4(CC3)OCCO4)cs2)cc1. The molecule has 4 aromatic rings. The van der Waals surface area contributed by atoms with E-state index in [2.05, 4.69) is 63.1 Å². The Morgan fingerprint density at radius 1 is 1.03 bits per heavy atom. The molecular formula is C28H29N5O3S2. The zero-order chi connectivity index (χ0) is 26.0. The third-order valence-electron chi connectivity index (χ3n) is 6.92. The number of likely N-dealkylation sites (tertiary alicyclic amines) is 1. The lowest BCUT2D eigenvalue weighted by Crippen LogP contribution is -2.47. The molecule has 0 bridgehead atoms. The molecule has 2 aromatic heterocycles. The molecule has 2 aliphatic heterocycles. The molecular weight excluding hydrogens is 518 g/mol. The van der Waals surface area contributed by atoms with Crippen LogP contribution in [0.2, 0.25) is 0 Å². The highest BCUT2D eigenvalue weighted by Crippen LogP contribution is 2.32. The molecule has 0 aliphatic carbocycles. The van der Waals surface area contributed by atoms with Gasteiger partial charge in [-0.2, -0.15) is 0 Å². The first kappa shape index (κ1) is 25.2. The van der Waals surface area contributed by atoms with Gasteiger partial charge in [0.25, 0.3) is 5.91 Å². The second-order valence-corrected chi connectivity index (χ2v) is 11.4. The van der Waals surface area contributed by atoms with E-state index in [1.165, 1.54) is 22.5 Å². The van der Waals surface area contributed by atoms with E-state index in [-0.39, 0.29) is 5.91 Å². The highest BCUT2D eigenvalue weighted by atomic mass is 32.2. The smallest absolute Gasteiger partial charge is 0.273 e. The molecule has 0 N–H and O–H groups in total. The second kappa shape index (κ2) is 11.0. The molecule has 8 nitrogen and oxygen atoms in total. The van der Waals surface area contributed by atoms with Gasteiger partial charge >= 0.3 is 0 Å². The summed E-state index contributed by atoms with van der Waals surface area (Å²) in [5, 5.41) is 12.6. The number of aromatic nitrogens is 4. The zero-order valence-electron chi connectivity index (χ0n) is 21.2. The Morgan fingerprint density at radius 3 is 2.50 bits per heavy atom. The van der Waals surface area contributed by atoms with Crippen LogP contribution in [0.3, 0.4) is 0 Å². The van der Waals surface area contributed by atoms with Gasteiger partial charge in [-0.25, -0.2) is 4.98 Å². The number of piperidine rings is 1. The largest absolute Gasteiger partial charge is 0.347 e. The lowest BCUT2D eigenvalue weighted by molar-refractivity contribution is -0.181. The van der Waals surface area contributed by atoms with Crippen molar-refractivity contribution in [1.29, 1.82) is 0 Å². The summed E-state index contributed by atoms with van der Waals surface area (Å²) in [6.45, 7) is 4.57. The number of thiazole rings is 1. The summed E-state index contributed by atoms with van der Waals surface area (Å²) in [5.74, 6) is 0.972. The molecule has 2 saturated heterocycles. The van der Waals surface area contributed by atoms with Crippen LogP contribution in [0, 0.1) is 6.92 Å². The van der Waals surface area contributed by atoms with Gasteiger partial charge in [-0.05, 0) is 24.6 Å². The molecule has 6 rings (SSSR count). The van der Waals surface area contributed by atoms with Crippen LogP contribution in [0.1, 0.15) is 45.3 Å². The van der Waals surface area contributed by atoms with Crippen molar-refractivity contribution in [2.24, 2.45) is 0 Å². The maximum atomic E-state index is 13.1. The number of carbonyl (C=O) groups excluding carboxylic acids is 1. The van der Waals surface area contributed by atoms with E-state index in [4.69, 9.17) is 9.47 Å². The van der Waals surface area contributed by atoms with Gasteiger partial charge in [-0.15, -0.1) is 21.5 Å². The molecule has 0 radical (unpaired) electrons. The number of benzene rings is 2. The van der Waals surface area contributed by atoms with Gasteiger partial charge < -0.3 is 14.4 Å². The van der Waals surface area contributed by atoms with E-state index in [0.29, 0.717) is 57.0 Å². The highest BCUT2D eigenvalue weighted by molar-refractivity contribution is 7.98. The molecule has 0 atom stereocenters. The average Bonchev–Trinajstić information content (AvgIpc) is 3.70. The van der Waals surface area contributed by atoms with Crippen LogP contribution in [0.25, 0.3) is 5.69 Å². The highest BCUT2D eigenvalue weighted by Gasteiger charge is 2.41. The van der Waals surface area contributed by atoms with Crippen LogP contribution in [-0.4, -0.2) is 62.6 Å². The number of carbonyl (C=O) groups is 1. The van der Waals surface area contributed by atoms with Crippen molar-refractivity contribution in [3.63, 3.8) is 0 Å². The van der Waals surface area contributed by atoms with E-state index in [0.717, 1.165) is 21.7 Å². The van der Waals surface area contributed by atoms with Crippen molar-refractivity contribution >= 4 is 29.0 Å². The van der Waals surface area contributed by atoms with Crippen molar-refractivity contribution in [3.8, 4) is 5.69 Å². The Labute approximate surface area is 230 Å². The van der Waals surface area contributed by atoms with Crippen molar-refractivity contribution in [2.75, 3.05) is 26.3 Å². The monoisotopic (exact) mass is 547 g/mol. The van der Waals surface area contributed by atoms with Crippen LogP contribution >= 0.6 is 23.1 Å². The number of hydrogen-bond acceptors (Lipinski definition) is 8. The minimum Gasteiger partial charge on any atom is -0.347 e. The summed E-state index contributed by atoms with van der Waals surface area (Å²) in [6, 6.07) is 18.7. The quantitative estimate of drug-likeness (QED) is 0.305. The fraction of sp³-hybridized carbons (Fsp3) is 0.357. The minimum absolute atomic E-state index is 0.0293. The van der Waals surface area contributed by atoms with Crippen molar-refractivity contribution in [1.82, 2.24) is 24.6 Å². The Morgan fingerprint density at radius 2 is 1.76 bits per heavy atom. The van der Waals surface area contributed by atoms with E-state index in [1.54, 1.807) is 11.8 Å². The van der Waals surface area contributed by atoms with Crippen LogP contribution < -0.4 is 0 Å². The summed E-state index contributed by atoms with van der Waals surface area (Å²) in [6.07, 6.45) is 2.09. The molecule has 196 valence electrons. The topological polar surface area (TPSA) is 82.4 Å². The summed E-state index contributed by atoms with van der Waals surface area (Å²) in [4.78, 5) is 19.6. The van der Waals surface area contributed by atoms with E-state index >= 15 is 0 Å². The van der Waals surface area contributed by atoms with Crippen molar-refractivity contribution in [3.05, 3.63) is 87.6 Å². The summed E-state index contributed by atoms with van der Waals surface area (Å²) in [5.41, 5.74) is 3.91. The Balaban J connectivity index is 1.15. The van der Waals surface area contributed by atoms with E-state index < -0.39 is 5.79 Å². The normalized spacial score (nSPS) is 16.8. The average molecular weight is 548 g/mol. The summed E-state index contributed by atoms with van der Waals surface area (Å²) >= 11 is 3.09. The van der Waals surface area contributed by atoms with E-state index in [9.17, 15) is 4.79 Å². The van der Waals surface area contributed by atoms with Crippen LogP contribution in [-0.2, 0) is 21.6 Å². The maximum Gasteiger partial charge on any atom is 0.273 e. The Bertz CT molecular complexity index is 1390. The van der Waals surface area contributed by atoms with Gasteiger partial charge in [0.05, 0.1) is 19.0 Å². The first-order valence-corrected chi connectivity index (χ1v) is 14.6. The van der Waals surface area contributed by atoms with E-state index in [1.807, 2.05) is 28.5 Å². The molecule has 2 fully saturated rings. The summed E-state index contributed by atoms with van der Waals surface area (Å²) < 4.78 is 13.7. The minimum atomic E-state index is -0.493. The number of amides is 1. The first-order chi connectivity index (χ1) is 18.6. The molecule has 38 heavy (non-hydrogen) atoms.